The number of sulfonamides is 1. The van der Waals surface area contributed by atoms with Crippen LogP contribution in [0.25, 0.3) is 0 Å². The van der Waals surface area contributed by atoms with Crippen molar-refractivity contribution in [3.63, 3.8) is 0 Å². The minimum atomic E-state index is -3.53. The average molecular weight is 340 g/mol. The Morgan fingerprint density at radius 2 is 1.96 bits per heavy atom. The highest BCUT2D eigenvalue weighted by atomic mass is 32.2. The van der Waals surface area contributed by atoms with E-state index in [0.29, 0.717) is 31.8 Å². The molecule has 1 aromatic rings. The minimum Gasteiger partial charge on any atom is -0.383 e. The van der Waals surface area contributed by atoms with Crippen molar-refractivity contribution in [2.45, 2.75) is 31.1 Å². The molecule has 1 fully saturated rings. The maximum absolute atomic E-state index is 12.7. The lowest BCUT2D eigenvalue weighted by atomic mass is 10.1. The monoisotopic (exact) mass is 340 g/mol. The molecular formula is C16H24N2O4S. The summed E-state index contributed by atoms with van der Waals surface area (Å²) in [7, 11) is -1.97. The van der Waals surface area contributed by atoms with Gasteiger partial charge in [-0.2, -0.15) is 4.31 Å². The van der Waals surface area contributed by atoms with Crippen LogP contribution < -0.4 is 5.32 Å². The second-order valence-corrected chi connectivity index (χ2v) is 7.63. The summed E-state index contributed by atoms with van der Waals surface area (Å²) < 4.78 is 31.8. The third-order valence-corrected chi connectivity index (χ3v) is 5.89. The molecule has 7 heteroatoms. The molecule has 0 bridgehead atoms. The van der Waals surface area contributed by atoms with Gasteiger partial charge in [-0.15, -0.1) is 0 Å². The molecule has 0 saturated carbocycles. The molecule has 0 spiro atoms. The van der Waals surface area contributed by atoms with Gasteiger partial charge in [-0.05, 0) is 37.5 Å². The molecule has 1 N–H and O–H groups in total. The van der Waals surface area contributed by atoms with E-state index in [2.05, 4.69) is 5.32 Å². The van der Waals surface area contributed by atoms with Crippen LogP contribution in [-0.2, 0) is 14.8 Å². The van der Waals surface area contributed by atoms with Gasteiger partial charge in [0.15, 0.2) is 0 Å². The highest BCUT2D eigenvalue weighted by Gasteiger charge is 2.26. The van der Waals surface area contributed by atoms with Crippen molar-refractivity contribution >= 4 is 15.9 Å². The van der Waals surface area contributed by atoms with Crippen LogP contribution in [0, 0.1) is 6.92 Å². The first-order valence-corrected chi connectivity index (χ1v) is 9.29. The van der Waals surface area contributed by atoms with E-state index in [1.807, 2.05) is 0 Å². The van der Waals surface area contributed by atoms with Gasteiger partial charge in [0.1, 0.15) is 0 Å². The van der Waals surface area contributed by atoms with Gasteiger partial charge in [-0.25, -0.2) is 8.42 Å². The summed E-state index contributed by atoms with van der Waals surface area (Å²) in [6.07, 6.45) is 2.83. The van der Waals surface area contributed by atoms with Gasteiger partial charge in [-0.3, -0.25) is 4.79 Å². The van der Waals surface area contributed by atoms with Crippen LogP contribution in [0.1, 0.15) is 35.2 Å². The van der Waals surface area contributed by atoms with Crippen LogP contribution in [0.3, 0.4) is 0 Å². The Hall–Kier alpha value is -1.44. The lowest BCUT2D eigenvalue weighted by molar-refractivity contribution is 0.0936. The smallest absolute Gasteiger partial charge is 0.251 e. The van der Waals surface area contributed by atoms with Crippen LogP contribution in [0.4, 0.5) is 0 Å². The molecule has 1 amide bonds. The first kappa shape index (κ1) is 17.9. The van der Waals surface area contributed by atoms with Crippen molar-refractivity contribution in [1.82, 2.24) is 9.62 Å². The zero-order valence-corrected chi connectivity index (χ0v) is 14.5. The first-order valence-electron chi connectivity index (χ1n) is 7.85. The largest absolute Gasteiger partial charge is 0.383 e. The van der Waals surface area contributed by atoms with E-state index in [0.717, 1.165) is 24.8 Å². The molecule has 0 unspecified atom stereocenters. The lowest BCUT2D eigenvalue weighted by Crippen LogP contribution is -2.35. The summed E-state index contributed by atoms with van der Waals surface area (Å²) in [6.45, 7) is 3.69. The number of ether oxygens (including phenoxy) is 1. The Morgan fingerprint density at radius 3 is 2.61 bits per heavy atom. The Labute approximate surface area is 137 Å². The number of carbonyl (C=O) groups is 1. The molecule has 1 aliphatic heterocycles. The van der Waals surface area contributed by atoms with Crippen LogP contribution in [0.15, 0.2) is 23.1 Å². The van der Waals surface area contributed by atoms with Crippen molar-refractivity contribution in [3.05, 3.63) is 29.3 Å². The van der Waals surface area contributed by atoms with Gasteiger partial charge in [0.25, 0.3) is 5.91 Å². The fourth-order valence-electron chi connectivity index (χ4n) is 2.62. The van der Waals surface area contributed by atoms with E-state index in [1.54, 1.807) is 26.2 Å². The predicted molar refractivity (Wildman–Crippen MR) is 88.0 cm³/mol. The molecule has 1 saturated heterocycles. The quantitative estimate of drug-likeness (QED) is 0.797. The molecular weight excluding hydrogens is 316 g/mol. The van der Waals surface area contributed by atoms with E-state index in [9.17, 15) is 13.2 Å². The van der Waals surface area contributed by atoms with Crippen LogP contribution in [0.5, 0.6) is 0 Å². The van der Waals surface area contributed by atoms with Crippen molar-refractivity contribution in [1.29, 1.82) is 0 Å². The number of hydrogen-bond acceptors (Lipinski definition) is 4. The highest BCUT2D eigenvalue weighted by Crippen LogP contribution is 2.22. The van der Waals surface area contributed by atoms with Gasteiger partial charge < -0.3 is 10.1 Å². The van der Waals surface area contributed by atoms with Crippen LogP contribution >= 0.6 is 0 Å². The Balaban J connectivity index is 2.23. The molecule has 128 valence electrons. The molecule has 1 aromatic carbocycles. The number of methoxy groups -OCH3 is 1. The number of benzene rings is 1. The third kappa shape index (κ3) is 4.31. The van der Waals surface area contributed by atoms with E-state index in [-0.39, 0.29) is 10.8 Å². The molecule has 0 radical (unpaired) electrons. The number of nitrogens with zero attached hydrogens (tertiary/aromatic N) is 1. The van der Waals surface area contributed by atoms with Crippen molar-refractivity contribution in [2.75, 3.05) is 33.4 Å². The maximum atomic E-state index is 12.7. The number of piperidine rings is 1. The van der Waals surface area contributed by atoms with E-state index >= 15 is 0 Å². The number of nitrogens with one attached hydrogen (secondary N) is 1. The highest BCUT2D eigenvalue weighted by molar-refractivity contribution is 7.89. The Bertz CT molecular complexity index is 652. The standard InChI is InChI=1S/C16H24N2O4S/c1-13-6-7-14(12-15(13)16(19)17-8-11-22-2)23(20,21)18-9-4-3-5-10-18/h6-7,12H,3-5,8-11H2,1-2H3,(H,17,19). The van der Waals surface area contributed by atoms with Crippen LogP contribution in [-0.4, -0.2) is 52.0 Å². The van der Waals surface area contributed by atoms with Crippen molar-refractivity contribution < 1.29 is 17.9 Å². The zero-order valence-electron chi connectivity index (χ0n) is 13.7. The normalized spacial score (nSPS) is 16.3. The molecule has 1 aliphatic rings. The molecule has 0 aliphatic carbocycles. The summed E-state index contributed by atoms with van der Waals surface area (Å²) in [5.41, 5.74) is 1.14. The molecule has 1 heterocycles. The summed E-state index contributed by atoms with van der Waals surface area (Å²) in [6, 6.07) is 4.73. The molecule has 2 rings (SSSR count). The number of carbonyl (C=O) groups excluding carboxylic acids is 1. The van der Waals surface area contributed by atoms with Crippen molar-refractivity contribution in [2.24, 2.45) is 0 Å². The predicted octanol–water partition coefficient (Wildman–Crippen LogP) is 1.55. The van der Waals surface area contributed by atoms with Gasteiger partial charge in [0.05, 0.1) is 11.5 Å². The summed E-state index contributed by atoms with van der Waals surface area (Å²) in [4.78, 5) is 12.4. The summed E-state index contributed by atoms with van der Waals surface area (Å²) >= 11 is 0. The van der Waals surface area contributed by atoms with E-state index in [1.165, 1.54) is 10.4 Å². The zero-order chi connectivity index (χ0) is 16.9. The third-order valence-electron chi connectivity index (χ3n) is 4.00. The number of aryl methyl sites for hydroxylation is 1. The summed E-state index contributed by atoms with van der Waals surface area (Å²) in [5.74, 6) is -0.282. The fraction of sp³-hybridized carbons (Fsp3) is 0.562. The fourth-order valence-corrected chi connectivity index (χ4v) is 4.17. The first-order chi connectivity index (χ1) is 11.0. The Morgan fingerprint density at radius 1 is 1.26 bits per heavy atom. The number of hydrogen-bond donors (Lipinski definition) is 1. The second-order valence-electron chi connectivity index (χ2n) is 5.69. The van der Waals surface area contributed by atoms with Gasteiger partial charge in [-0.1, -0.05) is 12.5 Å². The van der Waals surface area contributed by atoms with Crippen LogP contribution in [0.2, 0.25) is 0 Å². The second kappa shape index (κ2) is 7.90. The topological polar surface area (TPSA) is 75.7 Å². The molecule has 0 aromatic heterocycles. The van der Waals surface area contributed by atoms with E-state index < -0.39 is 10.0 Å². The average Bonchev–Trinajstić information content (AvgIpc) is 2.56. The van der Waals surface area contributed by atoms with E-state index in [4.69, 9.17) is 4.74 Å². The van der Waals surface area contributed by atoms with Gasteiger partial charge in [0.2, 0.25) is 10.0 Å². The molecule has 6 nitrogen and oxygen atoms in total. The maximum Gasteiger partial charge on any atom is 0.251 e. The number of amides is 1. The van der Waals surface area contributed by atoms with Gasteiger partial charge in [0, 0.05) is 32.3 Å². The Kier molecular flexibility index (Phi) is 6.15. The van der Waals surface area contributed by atoms with Gasteiger partial charge >= 0.3 is 0 Å². The SMILES string of the molecule is COCCNC(=O)c1cc(S(=O)(=O)N2CCCCC2)ccc1C. The van der Waals surface area contributed by atoms with Crippen molar-refractivity contribution in [3.8, 4) is 0 Å². The summed E-state index contributed by atoms with van der Waals surface area (Å²) in [5, 5.41) is 2.73. The lowest BCUT2D eigenvalue weighted by Gasteiger charge is -2.26. The molecule has 23 heavy (non-hydrogen) atoms. The number of rotatable bonds is 6. The minimum absolute atomic E-state index is 0.182. The molecule has 0 atom stereocenters.